The largest absolute Gasteiger partial charge is 0.384 e. The number of hydrogen-bond acceptors (Lipinski definition) is 6. The highest BCUT2D eigenvalue weighted by Crippen LogP contribution is 2.28. The summed E-state index contributed by atoms with van der Waals surface area (Å²) in [6.45, 7) is 6.67. The van der Waals surface area contributed by atoms with Gasteiger partial charge >= 0.3 is 0 Å². The molecule has 1 aromatic heterocycles. The predicted octanol–water partition coefficient (Wildman–Crippen LogP) is 0.852. The molecule has 0 amide bonds. The van der Waals surface area contributed by atoms with Gasteiger partial charge in [0.15, 0.2) is 0 Å². The second-order valence-electron chi connectivity index (χ2n) is 4.77. The first-order chi connectivity index (χ1) is 8.65. The van der Waals surface area contributed by atoms with Gasteiger partial charge in [-0.15, -0.1) is 0 Å². The normalized spacial score (nSPS) is 19.3. The lowest BCUT2D eigenvalue weighted by atomic mass is 10.1. The molecule has 2 rings (SSSR count). The van der Waals surface area contributed by atoms with E-state index in [1.807, 2.05) is 13.8 Å². The standard InChI is InChI=1S/C12H21N5O/c1-8-11(16-13)14-9(2)15-12(8)17-5-4-10(6-17)7-18-3/h10H,4-7,13H2,1-3H3,(H,14,15,16). The van der Waals surface area contributed by atoms with Crippen molar-refractivity contribution >= 4 is 11.6 Å². The Morgan fingerprint density at radius 2 is 2.22 bits per heavy atom. The van der Waals surface area contributed by atoms with Gasteiger partial charge in [-0.3, -0.25) is 0 Å². The second-order valence-corrected chi connectivity index (χ2v) is 4.77. The third-order valence-corrected chi connectivity index (χ3v) is 3.36. The van der Waals surface area contributed by atoms with Crippen LogP contribution in [0, 0.1) is 19.8 Å². The fourth-order valence-electron chi connectivity index (χ4n) is 2.46. The van der Waals surface area contributed by atoms with Crippen molar-refractivity contribution in [3.8, 4) is 0 Å². The fraction of sp³-hybridized carbons (Fsp3) is 0.667. The van der Waals surface area contributed by atoms with Gasteiger partial charge in [-0.2, -0.15) is 0 Å². The number of nitrogens with zero attached hydrogens (tertiary/aromatic N) is 3. The Labute approximate surface area is 108 Å². The molecule has 1 aliphatic heterocycles. The second kappa shape index (κ2) is 5.49. The third kappa shape index (κ3) is 2.54. The third-order valence-electron chi connectivity index (χ3n) is 3.36. The topological polar surface area (TPSA) is 76.3 Å². The van der Waals surface area contributed by atoms with E-state index in [0.29, 0.717) is 11.7 Å². The van der Waals surface area contributed by atoms with Gasteiger partial charge in [-0.05, 0) is 20.3 Å². The van der Waals surface area contributed by atoms with Gasteiger partial charge in [-0.25, -0.2) is 15.8 Å². The van der Waals surface area contributed by atoms with Crippen LogP contribution in [0.3, 0.4) is 0 Å². The molecule has 18 heavy (non-hydrogen) atoms. The summed E-state index contributed by atoms with van der Waals surface area (Å²) < 4.78 is 5.22. The number of aromatic nitrogens is 2. The van der Waals surface area contributed by atoms with Gasteiger partial charge in [0, 0.05) is 31.7 Å². The minimum atomic E-state index is 0.582. The molecule has 0 aromatic carbocycles. The highest BCUT2D eigenvalue weighted by atomic mass is 16.5. The summed E-state index contributed by atoms with van der Waals surface area (Å²) >= 11 is 0. The van der Waals surface area contributed by atoms with Crippen LogP contribution >= 0.6 is 0 Å². The molecule has 1 atom stereocenters. The molecule has 100 valence electrons. The Hall–Kier alpha value is -1.40. The van der Waals surface area contributed by atoms with Crippen LogP contribution in [0.4, 0.5) is 11.6 Å². The van der Waals surface area contributed by atoms with Crippen LogP contribution < -0.4 is 16.2 Å². The lowest BCUT2D eigenvalue weighted by Gasteiger charge is -2.21. The first kappa shape index (κ1) is 13.0. The molecule has 2 heterocycles. The van der Waals surface area contributed by atoms with Crippen molar-refractivity contribution in [2.24, 2.45) is 11.8 Å². The number of hydrazine groups is 1. The van der Waals surface area contributed by atoms with E-state index >= 15 is 0 Å². The van der Waals surface area contributed by atoms with Crippen LogP contribution in [0.2, 0.25) is 0 Å². The van der Waals surface area contributed by atoms with Crippen LogP contribution in [-0.4, -0.2) is 36.8 Å². The minimum Gasteiger partial charge on any atom is -0.384 e. The van der Waals surface area contributed by atoms with Crippen molar-refractivity contribution in [1.29, 1.82) is 0 Å². The maximum atomic E-state index is 5.48. The summed E-state index contributed by atoms with van der Waals surface area (Å²) in [5, 5.41) is 0. The summed E-state index contributed by atoms with van der Waals surface area (Å²) in [5.74, 6) is 8.48. The molecule has 1 unspecified atom stereocenters. The Kier molecular flexibility index (Phi) is 3.98. The molecular formula is C12H21N5O. The monoisotopic (exact) mass is 251 g/mol. The van der Waals surface area contributed by atoms with E-state index in [9.17, 15) is 0 Å². The Bertz CT molecular complexity index is 423. The molecule has 1 saturated heterocycles. The summed E-state index contributed by atoms with van der Waals surface area (Å²) in [5.41, 5.74) is 3.63. The predicted molar refractivity (Wildman–Crippen MR) is 71.5 cm³/mol. The highest BCUT2D eigenvalue weighted by Gasteiger charge is 2.25. The van der Waals surface area contributed by atoms with Crippen LogP contribution in [0.15, 0.2) is 0 Å². The molecule has 1 aliphatic rings. The zero-order valence-electron chi connectivity index (χ0n) is 11.2. The number of nitrogen functional groups attached to an aromatic ring is 1. The van der Waals surface area contributed by atoms with Crippen molar-refractivity contribution in [2.45, 2.75) is 20.3 Å². The molecule has 0 bridgehead atoms. The molecule has 6 heteroatoms. The molecular weight excluding hydrogens is 230 g/mol. The fourth-order valence-corrected chi connectivity index (χ4v) is 2.46. The zero-order valence-corrected chi connectivity index (χ0v) is 11.2. The lowest BCUT2D eigenvalue weighted by molar-refractivity contribution is 0.161. The quantitative estimate of drug-likeness (QED) is 0.610. The first-order valence-electron chi connectivity index (χ1n) is 6.21. The van der Waals surface area contributed by atoms with Crippen LogP contribution in [-0.2, 0) is 4.74 Å². The molecule has 0 aliphatic carbocycles. The Balaban J connectivity index is 2.21. The summed E-state index contributed by atoms with van der Waals surface area (Å²) in [6, 6.07) is 0. The van der Waals surface area contributed by atoms with E-state index in [0.717, 1.165) is 43.3 Å². The first-order valence-corrected chi connectivity index (χ1v) is 6.21. The number of aryl methyl sites for hydroxylation is 1. The van der Waals surface area contributed by atoms with Crippen LogP contribution in [0.5, 0.6) is 0 Å². The van der Waals surface area contributed by atoms with E-state index in [-0.39, 0.29) is 0 Å². The molecule has 1 fully saturated rings. The zero-order chi connectivity index (χ0) is 13.1. The van der Waals surface area contributed by atoms with Gasteiger partial charge in [-0.1, -0.05) is 0 Å². The number of rotatable bonds is 4. The average Bonchev–Trinajstić information content (AvgIpc) is 2.80. The van der Waals surface area contributed by atoms with Crippen LogP contribution in [0.1, 0.15) is 17.8 Å². The summed E-state index contributed by atoms with van der Waals surface area (Å²) in [7, 11) is 1.75. The van der Waals surface area contributed by atoms with Crippen molar-refractivity contribution in [1.82, 2.24) is 9.97 Å². The van der Waals surface area contributed by atoms with E-state index in [1.165, 1.54) is 0 Å². The highest BCUT2D eigenvalue weighted by molar-refractivity contribution is 5.58. The van der Waals surface area contributed by atoms with Gasteiger partial charge in [0.2, 0.25) is 0 Å². The molecule has 6 nitrogen and oxygen atoms in total. The molecule has 1 aromatic rings. The van der Waals surface area contributed by atoms with Gasteiger partial charge in [0.1, 0.15) is 17.5 Å². The average molecular weight is 251 g/mol. The Morgan fingerprint density at radius 1 is 1.44 bits per heavy atom. The minimum absolute atomic E-state index is 0.582. The number of methoxy groups -OCH3 is 1. The smallest absolute Gasteiger partial charge is 0.148 e. The molecule has 0 saturated carbocycles. The van der Waals surface area contributed by atoms with E-state index in [2.05, 4.69) is 20.3 Å². The van der Waals surface area contributed by atoms with Gasteiger partial charge in [0.05, 0.1) is 6.61 Å². The van der Waals surface area contributed by atoms with Crippen molar-refractivity contribution in [3.63, 3.8) is 0 Å². The number of ether oxygens (including phenoxy) is 1. The number of nitrogens with two attached hydrogens (primary N) is 1. The number of hydrogen-bond donors (Lipinski definition) is 2. The Morgan fingerprint density at radius 3 is 2.89 bits per heavy atom. The summed E-state index contributed by atoms with van der Waals surface area (Å²) in [6.07, 6.45) is 1.14. The summed E-state index contributed by atoms with van der Waals surface area (Å²) in [4.78, 5) is 11.1. The maximum Gasteiger partial charge on any atom is 0.148 e. The van der Waals surface area contributed by atoms with E-state index in [4.69, 9.17) is 10.6 Å². The van der Waals surface area contributed by atoms with Crippen molar-refractivity contribution in [2.75, 3.05) is 37.1 Å². The number of anilines is 2. The van der Waals surface area contributed by atoms with Gasteiger partial charge in [0.25, 0.3) is 0 Å². The van der Waals surface area contributed by atoms with Crippen LogP contribution in [0.25, 0.3) is 0 Å². The molecule has 0 spiro atoms. The van der Waals surface area contributed by atoms with E-state index in [1.54, 1.807) is 7.11 Å². The van der Waals surface area contributed by atoms with Gasteiger partial charge < -0.3 is 15.1 Å². The molecule has 3 N–H and O–H groups in total. The SMILES string of the molecule is COCC1CCN(c2nc(C)nc(NN)c2C)C1. The maximum absolute atomic E-state index is 5.48. The van der Waals surface area contributed by atoms with Crippen molar-refractivity contribution < 1.29 is 4.74 Å². The molecule has 0 radical (unpaired) electrons. The number of nitrogens with one attached hydrogen (secondary N) is 1. The van der Waals surface area contributed by atoms with Crippen molar-refractivity contribution in [3.05, 3.63) is 11.4 Å². The van der Waals surface area contributed by atoms with E-state index < -0.39 is 0 Å². The lowest BCUT2D eigenvalue weighted by Crippen LogP contribution is -2.24.